The van der Waals surface area contributed by atoms with Gasteiger partial charge in [-0.3, -0.25) is 4.79 Å². The second kappa shape index (κ2) is 9.32. The quantitative estimate of drug-likeness (QED) is 0.784. The number of rotatable bonds is 7. The van der Waals surface area contributed by atoms with Gasteiger partial charge in [-0.2, -0.15) is 5.26 Å². The average Bonchev–Trinajstić information content (AvgIpc) is 3.21. The summed E-state index contributed by atoms with van der Waals surface area (Å²) >= 11 is 0. The average molecular weight is 382 g/mol. The third-order valence-corrected chi connectivity index (χ3v) is 5.32. The number of hydrogen-bond donors (Lipinski definition) is 1. The second-order valence-corrected chi connectivity index (χ2v) is 7.18. The first-order valence-electron chi connectivity index (χ1n) is 9.60. The van der Waals surface area contributed by atoms with E-state index in [0.717, 1.165) is 42.7 Å². The van der Waals surface area contributed by atoms with Gasteiger partial charge >= 0.3 is 0 Å². The van der Waals surface area contributed by atoms with E-state index in [1.54, 1.807) is 20.3 Å². The summed E-state index contributed by atoms with van der Waals surface area (Å²) < 4.78 is 16.4. The van der Waals surface area contributed by atoms with Crippen LogP contribution in [-0.4, -0.2) is 26.7 Å². The number of nitrogens with one attached hydrogen (secondary N) is 1. The number of nitrogens with zero attached hydrogens (tertiary/aromatic N) is 1. The van der Waals surface area contributed by atoms with Crippen LogP contribution in [0.3, 0.4) is 0 Å². The summed E-state index contributed by atoms with van der Waals surface area (Å²) in [5.41, 5.74) is 0.928. The molecule has 0 atom stereocenters. The minimum atomic E-state index is -0.203. The summed E-state index contributed by atoms with van der Waals surface area (Å²) in [6.45, 7) is 0.622. The third kappa shape index (κ3) is 4.86. The number of carbonyl (C=O) groups is 1. The molecular formula is C22H26N2O4. The topological polar surface area (TPSA) is 84.5 Å². The molecule has 1 heterocycles. The first kappa shape index (κ1) is 19.8. The van der Waals surface area contributed by atoms with Crippen molar-refractivity contribution in [3.63, 3.8) is 0 Å². The van der Waals surface area contributed by atoms with Crippen molar-refractivity contribution in [2.75, 3.05) is 20.8 Å². The predicted octanol–water partition coefficient (Wildman–Crippen LogP) is 3.95. The van der Waals surface area contributed by atoms with Gasteiger partial charge in [-0.15, -0.1) is 0 Å². The van der Waals surface area contributed by atoms with Crippen LogP contribution in [0.1, 0.15) is 47.6 Å². The van der Waals surface area contributed by atoms with Crippen LogP contribution in [0, 0.1) is 23.2 Å². The molecule has 1 aromatic heterocycles. The first-order chi connectivity index (χ1) is 13.6. The zero-order valence-electron chi connectivity index (χ0n) is 16.4. The van der Waals surface area contributed by atoms with Crippen molar-refractivity contribution < 1.29 is 18.7 Å². The van der Waals surface area contributed by atoms with Gasteiger partial charge in [-0.1, -0.05) is 0 Å². The van der Waals surface area contributed by atoms with E-state index in [0.29, 0.717) is 30.4 Å². The number of nitriles is 1. The number of methoxy groups -OCH3 is 2. The fourth-order valence-electron chi connectivity index (χ4n) is 3.62. The summed E-state index contributed by atoms with van der Waals surface area (Å²) in [4.78, 5) is 12.4. The molecule has 1 amide bonds. The van der Waals surface area contributed by atoms with Gasteiger partial charge in [-0.25, -0.2) is 0 Å². The van der Waals surface area contributed by atoms with Gasteiger partial charge in [0.05, 0.1) is 20.3 Å². The lowest BCUT2D eigenvalue weighted by Crippen LogP contribution is -2.31. The van der Waals surface area contributed by atoms with Gasteiger partial charge in [0.15, 0.2) is 5.76 Å². The molecule has 1 aliphatic carbocycles. The number of amides is 1. The number of hydrogen-bond acceptors (Lipinski definition) is 5. The molecule has 28 heavy (non-hydrogen) atoms. The summed E-state index contributed by atoms with van der Waals surface area (Å²) in [5, 5.41) is 11.9. The Bertz CT molecular complexity index is 844. The molecule has 0 aliphatic heterocycles. The zero-order chi connectivity index (χ0) is 19.9. The lowest BCUT2D eigenvalue weighted by Gasteiger charge is -2.24. The summed E-state index contributed by atoms with van der Waals surface area (Å²) in [6, 6.07) is 11.4. The minimum absolute atomic E-state index is 0.174. The standard InChI is InChI=1S/C22H26N2O4/c1-26-18-7-9-20(27-2)17(11-18)12-19-8-10-21(28-19)22(25)24-14-16-5-3-15(13-23)4-6-16/h7-11,15-16H,3-6,12,14H2,1-2H3,(H,24,25). The van der Waals surface area contributed by atoms with Crippen molar-refractivity contribution in [2.45, 2.75) is 32.1 Å². The maximum atomic E-state index is 12.4. The highest BCUT2D eigenvalue weighted by Crippen LogP contribution is 2.28. The molecule has 1 aliphatic rings. The lowest BCUT2D eigenvalue weighted by atomic mass is 9.83. The first-order valence-corrected chi connectivity index (χ1v) is 9.60. The molecule has 0 spiro atoms. The van der Waals surface area contributed by atoms with Crippen molar-refractivity contribution in [2.24, 2.45) is 11.8 Å². The third-order valence-electron chi connectivity index (χ3n) is 5.32. The van der Waals surface area contributed by atoms with E-state index in [-0.39, 0.29) is 11.8 Å². The molecule has 1 saturated carbocycles. The second-order valence-electron chi connectivity index (χ2n) is 7.18. The van der Waals surface area contributed by atoms with Crippen LogP contribution in [0.2, 0.25) is 0 Å². The Morgan fingerprint density at radius 2 is 1.96 bits per heavy atom. The summed E-state index contributed by atoms with van der Waals surface area (Å²) in [5.74, 6) is 2.89. The molecule has 6 heteroatoms. The predicted molar refractivity (Wildman–Crippen MR) is 104 cm³/mol. The Balaban J connectivity index is 1.57. The molecular weight excluding hydrogens is 356 g/mol. The van der Waals surface area contributed by atoms with Crippen LogP contribution in [0.15, 0.2) is 34.7 Å². The molecule has 0 radical (unpaired) electrons. The highest BCUT2D eigenvalue weighted by atomic mass is 16.5. The highest BCUT2D eigenvalue weighted by Gasteiger charge is 2.22. The monoisotopic (exact) mass is 382 g/mol. The van der Waals surface area contributed by atoms with Crippen LogP contribution in [0.25, 0.3) is 0 Å². The molecule has 0 saturated heterocycles. The van der Waals surface area contributed by atoms with Gasteiger partial charge in [0.1, 0.15) is 17.3 Å². The van der Waals surface area contributed by atoms with Gasteiger partial charge in [0, 0.05) is 24.4 Å². The van der Waals surface area contributed by atoms with E-state index in [1.807, 2.05) is 24.3 Å². The molecule has 3 rings (SSSR count). The number of benzene rings is 1. The zero-order valence-corrected chi connectivity index (χ0v) is 16.4. The van der Waals surface area contributed by atoms with E-state index in [4.69, 9.17) is 19.2 Å². The highest BCUT2D eigenvalue weighted by molar-refractivity contribution is 5.91. The molecule has 2 aromatic rings. The summed E-state index contributed by atoms with van der Waals surface area (Å²) in [7, 11) is 3.24. The van der Waals surface area contributed by atoms with Crippen LogP contribution >= 0.6 is 0 Å². The Morgan fingerprint density at radius 3 is 2.64 bits per heavy atom. The fourth-order valence-corrected chi connectivity index (χ4v) is 3.62. The van der Waals surface area contributed by atoms with Crippen LogP contribution in [0.5, 0.6) is 11.5 Å². The smallest absolute Gasteiger partial charge is 0.287 e. The van der Waals surface area contributed by atoms with Crippen LogP contribution < -0.4 is 14.8 Å². The maximum Gasteiger partial charge on any atom is 0.287 e. The molecule has 1 fully saturated rings. The molecule has 1 N–H and O–H groups in total. The maximum absolute atomic E-state index is 12.4. The van der Waals surface area contributed by atoms with E-state index in [9.17, 15) is 4.79 Å². The fraction of sp³-hybridized carbons (Fsp3) is 0.455. The summed E-state index contributed by atoms with van der Waals surface area (Å²) in [6.07, 6.45) is 4.32. The van der Waals surface area contributed by atoms with Crippen molar-refractivity contribution in [3.05, 3.63) is 47.4 Å². The number of furan rings is 1. The lowest BCUT2D eigenvalue weighted by molar-refractivity contribution is 0.0913. The normalized spacial score (nSPS) is 18.9. The van der Waals surface area contributed by atoms with E-state index < -0.39 is 0 Å². The van der Waals surface area contributed by atoms with E-state index >= 15 is 0 Å². The van der Waals surface area contributed by atoms with Crippen molar-refractivity contribution >= 4 is 5.91 Å². The Morgan fingerprint density at radius 1 is 1.18 bits per heavy atom. The molecule has 1 aromatic carbocycles. The van der Waals surface area contributed by atoms with Crippen molar-refractivity contribution in [1.82, 2.24) is 5.32 Å². The van der Waals surface area contributed by atoms with Crippen molar-refractivity contribution in [1.29, 1.82) is 5.26 Å². The van der Waals surface area contributed by atoms with Crippen LogP contribution in [0.4, 0.5) is 0 Å². The molecule has 148 valence electrons. The van der Waals surface area contributed by atoms with Crippen LogP contribution in [-0.2, 0) is 6.42 Å². The Hall–Kier alpha value is -2.94. The van der Waals surface area contributed by atoms with Gasteiger partial charge in [0.25, 0.3) is 5.91 Å². The number of ether oxygens (including phenoxy) is 2. The van der Waals surface area contributed by atoms with E-state index in [2.05, 4.69) is 11.4 Å². The van der Waals surface area contributed by atoms with Gasteiger partial charge in [0.2, 0.25) is 0 Å². The number of carbonyl (C=O) groups excluding carboxylic acids is 1. The Labute approximate surface area is 165 Å². The van der Waals surface area contributed by atoms with Gasteiger partial charge in [-0.05, 0) is 61.9 Å². The molecule has 0 bridgehead atoms. The largest absolute Gasteiger partial charge is 0.497 e. The SMILES string of the molecule is COc1ccc(OC)c(Cc2ccc(C(=O)NCC3CCC(C#N)CC3)o2)c1. The van der Waals surface area contributed by atoms with Crippen molar-refractivity contribution in [3.8, 4) is 17.6 Å². The Kier molecular flexibility index (Phi) is 6.59. The molecule has 0 unspecified atom stereocenters. The minimum Gasteiger partial charge on any atom is -0.497 e. The molecule has 6 nitrogen and oxygen atoms in total. The van der Waals surface area contributed by atoms with E-state index in [1.165, 1.54) is 0 Å². The van der Waals surface area contributed by atoms with Gasteiger partial charge < -0.3 is 19.2 Å².